The summed E-state index contributed by atoms with van der Waals surface area (Å²) in [4.78, 5) is 30.4. The Morgan fingerprint density at radius 1 is 1.39 bits per heavy atom. The maximum absolute atomic E-state index is 12.0. The number of aromatic amines is 1. The van der Waals surface area contributed by atoms with Crippen molar-refractivity contribution in [2.24, 2.45) is 0 Å². The molecule has 0 atom stereocenters. The van der Waals surface area contributed by atoms with Crippen LogP contribution in [0.25, 0.3) is 0 Å². The van der Waals surface area contributed by atoms with Crippen LogP contribution in [0, 0.1) is 13.8 Å². The van der Waals surface area contributed by atoms with E-state index < -0.39 is 5.97 Å². The maximum Gasteiger partial charge on any atom is 0.304 e. The van der Waals surface area contributed by atoms with Gasteiger partial charge in [-0.05, 0) is 33.7 Å². The number of rotatable bonds is 6. The first-order valence-corrected chi connectivity index (χ1v) is 8.20. The SMILES string of the molecule is Cc1c[nH]c(CN2CCC(N(C)CCC(=O)O)CC2)c(C)c1=O. The number of piperidine rings is 1. The third-order valence-corrected chi connectivity index (χ3v) is 4.85. The van der Waals surface area contributed by atoms with E-state index in [4.69, 9.17) is 5.11 Å². The van der Waals surface area contributed by atoms with Gasteiger partial charge in [-0.15, -0.1) is 0 Å². The number of aliphatic carboxylic acids is 1. The van der Waals surface area contributed by atoms with Crippen molar-refractivity contribution >= 4 is 5.97 Å². The molecule has 0 radical (unpaired) electrons. The molecule has 0 unspecified atom stereocenters. The first-order chi connectivity index (χ1) is 10.9. The zero-order valence-electron chi connectivity index (χ0n) is 14.3. The van der Waals surface area contributed by atoms with E-state index in [2.05, 4.69) is 14.8 Å². The number of aryl methyl sites for hydroxylation is 1. The predicted molar refractivity (Wildman–Crippen MR) is 89.7 cm³/mol. The number of nitrogens with one attached hydrogen (secondary N) is 1. The molecule has 2 heterocycles. The molecule has 0 bridgehead atoms. The smallest absolute Gasteiger partial charge is 0.304 e. The highest BCUT2D eigenvalue weighted by atomic mass is 16.4. The van der Waals surface area contributed by atoms with E-state index in [-0.39, 0.29) is 11.8 Å². The second kappa shape index (κ2) is 7.75. The number of hydrogen-bond donors (Lipinski definition) is 2. The molecule has 1 saturated heterocycles. The van der Waals surface area contributed by atoms with Crippen molar-refractivity contribution in [2.75, 3.05) is 26.7 Å². The summed E-state index contributed by atoms with van der Waals surface area (Å²) >= 11 is 0. The fraction of sp³-hybridized carbons (Fsp3) is 0.647. The number of likely N-dealkylation sites (tertiary alicyclic amines) is 1. The van der Waals surface area contributed by atoms with E-state index in [0.717, 1.165) is 49.3 Å². The minimum absolute atomic E-state index is 0.127. The molecule has 6 nitrogen and oxygen atoms in total. The molecule has 1 aromatic heterocycles. The van der Waals surface area contributed by atoms with Gasteiger partial charge in [0, 0.05) is 55.2 Å². The summed E-state index contributed by atoms with van der Waals surface area (Å²) in [5, 5.41) is 8.77. The van der Waals surface area contributed by atoms with Gasteiger partial charge >= 0.3 is 5.97 Å². The highest BCUT2D eigenvalue weighted by molar-refractivity contribution is 5.66. The predicted octanol–water partition coefficient (Wildman–Crippen LogP) is 1.36. The standard InChI is InChI=1S/C17H27N3O3/c1-12-10-18-15(13(2)17(12)23)11-20-8-4-14(5-9-20)19(3)7-6-16(21)22/h10,14H,4-9,11H2,1-3H3,(H,18,23)(H,21,22). The summed E-state index contributed by atoms with van der Waals surface area (Å²) < 4.78 is 0. The molecular weight excluding hydrogens is 294 g/mol. The van der Waals surface area contributed by atoms with Gasteiger partial charge in [0.15, 0.2) is 5.43 Å². The Morgan fingerprint density at radius 2 is 2.04 bits per heavy atom. The van der Waals surface area contributed by atoms with Gasteiger partial charge in [-0.2, -0.15) is 0 Å². The van der Waals surface area contributed by atoms with Crippen molar-refractivity contribution in [1.82, 2.24) is 14.8 Å². The molecule has 1 aromatic rings. The third-order valence-electron chi connectivity index (χ3n) is 4.85. The molecule has 0 saturated carbocycles. The fourth-order valence-corrected chi connectivity index (χ4v) is 3.16. The van der Waals surface area contributed by atoms with E-state index in [0.29, 0.717) is 12.6 Å². The summed E-state index contributed by atoms with van der Waals surface area (Å²) in [5.41, 5.74) is 2.69. The minimum atomic E-state index is -0.743. The molecule has 6 heteroatoms. The van der Waals surface area contributed by atoms with Gasteiger partial charge in [0.05, 0.1) is 6.42 Å². The molecule has 0 spiro atoms. The lowest BCUT2D eigenvalue weighted by Gasteiger charge is -2.36. The van der Waals surface area contributed by atoms with Crippen LogP contribution in [-0.4, -0.2) is 58.6 Å². The number of carboxylic acids is 1. The molecule has 0 aromatic carbocycles. The number of carboxylic acid groups (broad SMARTS) is 1. The van der Waals surface area contributed by atoms with Gasteiger partial charge in [-0.3, -0.25) is 14.5 Å². The molecule has 23 heavy (non-hydrogen) atoms. The Bertz CT molecular complexity index is 604. The van der Waals surface area contributed by atoms with Crippen LogP contribution >= 0.6 is 0 Å². The summed E-state index contributed by atoms with van der Waals surface area (Å²) in [6, 6.07) is 0.448. The molecule has 1 fully saturated rings. The van der Waals surface area contributed by atoms with E-state index >= 15 is 0 Å². The number of carbonyl (C=O) groups is 1. The highest BCUT2D eigenvalue weighted by Crippen LogP contribution is 2.17. The van der Waals surface area contributed by atoms with Crippen LogP contribution in [-0.2, 0) is 11.3 Å². The van der Waals surface area contributed by atoms with E-state index in [1.807, 2.05) is 20.9 Å². The van der Waals surface area contributed by atoms with Crippen molar-refractivity contribution in [2.45, 2.75) is 45.7 Å². The van der Waals surface area contributed by atoms with Gasteiger partial charge in [0.2, 0.25) is 0 Å². The molecule has 0 aliphatic carbocycles. The van der Waals surface area contributed by atoms with Gasteiger partial charge in [0.25, 0.3) is 0 Å². The zero-order chi connectivity index (χ0) is 17.0. The van der Waals surface area contributed by atoms with Crippen LogP contribution in [0.15, 0.2) is 11.0 Å². The number of aromatic nitrogens is 1. The number of hydrogen-bond acceptors (Lipinski definition) is 4. The minimum Gasteiger partial charge on any atom is -0.481 e. The van der Waals surface area contributed by atoms with E-state index in [1.54, 1.807) is 6.20 Å². The van der Waals surface area contributed by atoms with Crippen LogP contribution in [0.5, 0.6) is 0 Å². The second-order valence-electron chi connectivity index (χ2n) is 6.54. The summed E-state index contributed by atoms with van der Waals surface area (Å²) in [6.45, 7) is 7.02. The quantitative estimate of drug-likeness (QED) is 0.827. The van der Waals surface area contributed by atoms with Gasteiger partial charge in [0.1, 0.15) is 0 Å². The second-order valence-corrected chi connectivity index (χ2v) is 6.54. The van der Waals surface area contributed by atoms with Crippen molar-refractivity contribution in [3.8, 4) is 0 Å². The Kier molecular flexibility index (Phi) is 5.96. The molecule has 2 rings (SSSR count). The van der Waals surface area contributed by atoms with Gasteiger partial charge < -0.3 is 15.0 Å². The summed E-state index contributed by atoms with van der Waals surface area (Å²) in [6.07, 6.45) is 4.05. The monoisotopic (exact) mass is 321 g/mol. The number of nitrogens with zero attached hydrogens (tertiary/aromatic N) is 2. The molecular formula is C17H27N3O3. The fourth-order valence-electron chi connectivity index (χ4n) is 3.16. The Hall–Kier alpha value is -1.66. The topological polar surface area (TPSA) is 76.6 Å². The Balaban J connectivity index is 1.86. The molecule has 128 valence electrons. The van der Waals surface area contributed by atoms with Crippen molar-refractivity contribution in [1.29, 1.82) is 0 Å². The molecule has 1 aliphatic rings. The first kappa shape index (κ1) is 17.7. The molecule has 2 N–H and O–H groups in total. The van der Waals surface area contributed by atoms with Crippen LogP contribution in [0.2, 0.25) is 0 Å². The van der Waals surface area contributed by atoms with Crippen LogP contribution in [0.4, 0.5) is 0 Å². The maximum atomic E-state index is 12.0. The lowest BCUT2D eigenvalue weighted by atomic mass is 10.0. The summed E-state index contributed by atoms with van der Waals surface area (Å²) in [7, 11) is 2.00. The summed E-state index contributed by atoms with van der Waals surface area (Å²) in [5.74, 6) is -0.743. The van der Waals surface area contributed by atoms with Gasteiger partial charge in [-0.25, -0.2) is 0 Å². The average molecular weight is 321 g/mol. The Labute approximate surface area is 137 Å². The van der Waals surface area contributed by atoms with Crippen molar-refractivity contribution in [3.63, 3.8) is 0 Å². The average Bonchev–Trinajstić information content (AvgIpc) is 2.54. The molecule has 0 amide bonds. The van der Waals surface area contributed by atoms with Crippen molar-refractivity contribution in [3.05, 3.63) is 33.2 Å². The zero-order valence-corrected chi connectivity index (χ0v) is 14.3. The molecule has 1 aliphatic heterocycles. The van der Waals surface area contributed by atoms with E-state index in [1.165, 1.54) is 0 Å². The highest BCUT2D eigenvalue weighted by Gasteiger charge is 2.23. The number of H-pyrrole nitrogens is 1. The normalized spacial score (nSPS) is 16.9. The number of pyridine rings is 1. The van der Waals surface area contributed by atoms with Crippen LogP contribution in [0.3, 0.4) is 0 Å². The lowest BCUT2D eigenvalue weighted by Crippen LogP contribution is -2.43. The Morgan fingerprint density at radius 3 is 2.65 bits per heavy atom. The van der Waals surface area contributed by atoms with Crippen LogP contribution in [0.1, 0.15) is 36.1 Å². The lowest BCUT2D eigenvalue weighted by molar-refractivity contribution is -0.137. The van der Waals surface area contributed by atoms with E-state index in [9.17, 15) is 9.59 Å². The van der Waals surface area contributed by atoms with Crippen molar-refractivity contribution < 1.29 is 9.90 Å². The van der Waals surface area contributed by atoms with Crippen LogP contribution < -0.4 is 5.43 Å². The van der Waals surface area contributed by atoms with Gasteiger partial charge in [-0.1, -0.05) is 0 Å². The largest absolute Gasteiger partial charge is 0.481 e. The third kappa shape index (κ3) is 4.65. The first-order valence-electron chi connectivity index (χ1n) is 8.20.